The van der Waals surface area contributed by atoms with E-state index in [1.54, 1.807) is 0 Å². The number of aliphatic imine (C=N–C) groups is 1. The first-order chi connectivity index (χ1) is 9.40. The van der Waals surface area contributed by atoms with Gasteiger partial charge in [0.15, 0.2) is 5.96 Å². The van der Waals surface area contributed by atoms with Crippen molar-refractivity contribution in [3.63, 3.8) is 0 Å². The van der Waals surface area contributed by atoms with E-state index in [2.05, 4.69) is 20.9 Å². The van der Waals surface area contributed by atoms with Crippen LogP contribution in [0.3, 0.4) is 0 Å². The van der Waals surface area contributed by atoms with Gasteiger partial charge in [0.05, 0.1) is 0 Å². The van der Waals surface area contributed by atoms with Crippen LogP contribution in [0.5, 0.6) is 0 Å². The summed E-state index contributed by atoms with van der Waals surface area (Å²) in [6.45, 7) is 8.92. The molecule has 124 valence electrons. The molecule has 1 saturated carbocycles. The molecule has 0 radical (unpaired) electrons. The van der Waals surface area contributed by atoms with Gasteiger partial charge >= 0.3 is 0 Å². The fourth-order valence-corrected chi connectivity index (χ4v) is 2.37. The number of amides is 1. The molecular formula is C15H31IN4O. The maximum Gasteiger partial charge on any atom is 0.242 e. The van der Waals surface area contributed by atoms with E-state index < -0.39 is 0 Å². The highest BCUT2D eigenvalue weighted by atomic mass is 127. The average Bonchev–Trinajstić information content (AvgIpc) is 2.35. The van der Waals surface area contributed by atoms with Crippen molar-refractivity contribution in [2.75, 3.05) is 13.1 Å². The Hall–Kier alpha value is -0.530. The van der Waals surface area contributed by atoms with E-state index in [4.69, 9.17) is 0 Å². The summed E-state index contributed by atoms with van der Waals surface area (Å²) in [5, 5.41) is 9.56. The fourth-order valence-electron chi connectivity index (χ4n) is 2.37. The molecule has 6 heteroatoms. The molecule has 1 aliphatic carbocycles. The first-order valence-corrected chi connectivity index (χ1v) is 7.76. The Balaban J connectivity index is 0.00000400. The molecule has 1 amide bonds. The summed E-state index contributed by atoms with van der Waals surface area (Å²) < 4.78 is 0. The highest BCUT2D eigenvalue weighted by Crippen LogP contribution is 2.17. The number of nitrogens with zero attached hydrogens (tertiary/aromatic N) is 1. The smallest absolute Gasteiger partial charge is 0.242 e. The molecule has 0 aromatic carbocycles. The first kappa shape index (κ1) is 20.5. The van der Waals surface area contributed by atoms with Crippen LogP contribution in [-0.2, 0) is 4.79 Å². The van der Waals surface area contributed by atoms with Crippen LogP contribution in [0, 0.1) is 0 Å². The normalized spacial score (nSPS) is 16.9. The summed E-state index contributed by atoms with van der Waals surface area (Å²) in [4.78, 5) is 16.2. The lowest BCUT2D eigenvalue weighted by atomic mass is 9.96. The summed E-state index contributed by atoms with van der Waals surface area (Å²) >= 11 is 0. The molecule has 0 atom stereocenters. The van der Waals surface area contributed by atoms with Crippen LogP contribution in [0.1, 0.15) is 59.8 Å². The molecule has 1 fully saturated rings. The predicted octanol–water partition coefficient (Wildman–Crippen LogP) is 2.41. The largest absolute Gasteiger partial charge is 0.357 e. The molecule has 0 aliphatic heterocycles. The van der Waals surface area contributed by atoms with E-state index in [9.17, 15) is 4.79 Å². The lowest BCUT2D eigenvalue weighted by Crippen LogP contribution is -2.46. The number of guanidine groups is 1. The van der Waals surface area contributed by atoms with Crippen LogP contribution in [0.15, 0.2) is 4.99 Å². The van der Waals surface area contributed by atoms with Gasteiger partial charge < -0.3 is 16.0 Å². The second-order valence-electron chi connectivity index (χ2n) is 6.47. The van der Waals surface area contributed by atoms with E-state index in [0.717, 1.165) is 12.5 Å². The molecule has 0 aromatic heterocycles. The number of carbonyl (C=O) groups excluding carboxylic acids is 1. The van der Waals surface area contributed by atoms with Crippen molar-refractivity contribution in [2.24, 2.45) is 4.99 Å². The number of rotatable bonds is 4. The third kappa shape index (κ3) is 9.92. The second-order valence-corrected chi connectivity index (χ2v) is 6.47. The van der Waals surface area contributed by atoms with Gasteiger partial charge in [0.25, 0.3) is 0 Å². The van der Waals surface area contributed by atoms with Crippen molar-refractivity contribution < 1.29 is 4.79 Å². The Labute approximate surface area is 146 Å². The van der Waals surface area contributed by atoms with Gasteiger partial charge in [-0.25, -0.2) is 4.99 Å². The highest BCUT2D eigenvalue weighted by molar-refractivity contribution is 14.0. The van der Waals surface area contributed by atoms with Crippen molar-refractivity contribution in [2.45, 2.75) is 71.4 Å². The quantitative estimate of drug-likeness (QED) is 0.379. The third-order valence-corrected chi connectivity index (χ3v) is 3.19. The van der Waals surface area contributed by atoms with Gasteiger partial charge in [0.2, 0.25) is 5.91 Å². The Morgan fingerprint density at radius 1 is 1.19 bits per heavy atom. The van der Waals surface area contributed by atoms with Gasteiger partial charge in [-0.2, -0.15) is 0 Å². The van der Waals surface area contributed by atoms with E-state index in [1.807, 2.05) is 27.7 Å². The number of hydrogen-bond donors (Lipinski definition) is 3. The fraction of sp³-hybridized carbons (Fsp3) is 0.867. The molecule has 0 spiro atoms. The summed E-state index contributed by atoms with van der Waals surface area (Å²) in [5.41, 5.74) is -0.207. The summed E-state index contributed by atoms with van der Waals surface area (Å²) in [6.07, 6.45) is 6.28. The van der Waals surface area contributed by atoms with Crippen molar-refractivity contribution >= 4 is 35.8 Å². The monoisotopic (exact) mass is 410 g/mol. The van der Waals surface area contributed by atoms with Crippen LogP contribution < -0.4 is 16.0 Å². The molecule has 1 rings (SSSR count). The van der Waals surface area contributed by atoms with Gasteiger partial charge in [0, 0.05) is 18.1 Å². The van der Waals surface area contributed by atoms with Crippen LogP contribution in [0.25, 0.3) is 0 Å². The van der Waals surface area contributed by atoms with E-state index >= 15 is 0 Å². The average molecular weight is 410 g/mol. The highest BCUT2D eigenvalue weighted by Gasteiger charge is 2.16. The Bertz CT molecular complexity index is 333. The minimum Gasteiger partial charge on any atom is -0.357 e. The SMILES string of the molecule is CCNC(=NCC(=O)NC(C)(C)C)NC1CCCCC1.I. The maximum absolute atomic E-state index is 11.8. The van der Waals surface area contributed by atoms with Gasteiger partial charge in [-0.1, -0.05) is 19.3 Å². The Kier molecular flexibility index (Phi) is 9.98. The zero-order valence-corrected chi connectivity index (χ0v) is 16.1. The van der Waals surface area contributed by atoms with Gasteiger partial charge in [-0.15, -0.1) is 24.0 Å². The molecule has 21 heavy (non-hydrogen) atoms. The second kappa shape index (κ2) is 10.2. The van der Waals surface area contributed by atoms with Crippen molar-refractivity contribution in [1.82, 2.24) is 16.0 Å². The van der Waals surface area contributed by atoms with Crippen LogP contribution in [0.2, 0.25) is 0 Å². The minimum atomic E-state index is -0.207. The van der Waals surface area contributed by atoms with Crippen molar-refractivity contribution in [3.05, 3.63) is 0 Å². The number of carbonyl (C=O) groups is 1. The molecule has 5 nitrogen and oxygen atoms in total. The predicted molar refractivity (Wildman–Crippen MR) is 99.3 cm³/mol. The zero-order valence-electron chi connectivity index (χ0n) is 13.8. The zero-order chi connectivity index (χ0) is 15.0. The van der Waals surface area contributed by atoms with Gasteiger partial charge in [0.1, 0.15) is 6.54 Å². The first-order valence-electron chi connectivity index (χ1n) is 7.76. The van der Waals surface area contributed by atoms with Gasteiger partial charge in [-0.3, -0.25) is 4.79 Å². The van der Waals surface area contributed by atoms with Crippen LogP contribution in [-0.4, -0.2) is 36.5 Å². The minimum absolute atomic E-state index is 0. The molecule has 0 aromatic rings. The van der Waals surface area contributed by atoms with E-state index in [0.29, 0.717) is 6.04 Å². The lowest BCUT2D eigenvalue weighted by Gasteiger charge is -2.25. The third-order valence-electron chi connectivity index (χ3n) is 3.19. The molecule has 1 aliphatic rings. The topological polar surface area (TPSA) is 65.5 Å². The van der Waals surface area contributed by atoms with Crippen LogP contribution in [0.4, 0.5) is 0 Å². The van der Waals surface area contributed by atoms with Crippen molar-refractivity contribution in [1.29, 1.82) is 0 Å². The standard InChI is InChI=1S/C15H30N4O.HI/c1-5-16-14(18-12-9-7-6-8-10-12)17-11-13(20)19-15(2,3)4;/h12H,5-11H2,1-4H3,(H,19,20)(H2,16,17,18);1H. The number of hydrogen-bond acceptors (Lipinski definition) is 2. The number of halogens is 1. The van der Waals surface area contributed by atoms with E-state index in [-0.39, 0.29) is 42.0 Å². The maximum atomic E-state index is 11.8. The van der Waals surface area contributed by atoms with Crippen LogP contribution >= 0.6 is 24.0 Å². The molecule has 0 bridgehead atoms. The summed E-state index contributed by atoms with van der Waals surface area (Å²) in [5.74, 6) is 0.710. The molecule has 0 unspecified atom stereocenters. The van der Waals surface area contributed by atoms with Gasteiger partial charge in [-0.05, 0) is 40.5 Å². The Morgan fingerprint density at radius 3 is 2.33 bits per heavy atom. The molecular weight excluding hydrogens is 379 g/mol. The summed E-state index contributed by atoms with van der Waals surface area (Å²) in [6, 6.07) is 0.493. The number of nitrogens with one attached hydrogen (secondary N) is 3. The molecule has 0 saturated heterocycles. The molecule has 0 heterocycles. The Morgan fingerprint density at radius 2 is 1.81 bits per heavy atom. The van der Waals surface area contributed by atoms with Crippen molar-refractivity contribution in [3.8, 4) is 0 Å². The summed E-state index contributed by atoms with van der Waals surface area (Å²) in [7, 11) is 0. The van der Waals surface area contributed by atoms with E-state index in [1.165, 1.54) is 32.1 Å². The lowest BCUT2D eigenvalue weighted by molar-refractivity contribution is -0.121. The molecule has 3 N–H and O–H groups in total.